The Labute approximate surface area is 126 Å². The summed E-state index contributed by atoms with van der Waals surface area (Å²) in [5, 5.41) is 3.00. The number of hydrogen-bond donors (Lipinski definition) is 2. The summed E-state index contributed by atoms with van der Waals surface area (Å²) in [6.45, 7) is 4.38. The molecule has 0 aromatic carbocycles. The van der Waals surface area contributed by atoms with Gasteiger partial charge in [-0.15, -0.1) is 22.7 Å². The Balaban J connectivity index is 2.02. The van der Waals surface area contributed by atoms with Gasteiger partial charge >= 0.3 is 0 Å². The van der Waals surface area contributed by atoms with E-state index in [9.17, 15) is 4.79 Å². The summed E-state index contributed by atoms with van der Waals surface area (Å²) >= 11 is 3.09. The van der Waals surface area contributed by atoms with Crippen LogP contribution in [0.4, 0.5) is 0 Å². The van der Waals surface area contributed by atoms with Gasteiger partial charge in [-0.25, -0.2) is 0 Å². The lowest BCUT2D eigenvalue weighted by atomic mass is 10.2. The van der Waals surface area contributed by atoms with Gasteiger partial charge in [-0.3, -0.25) is 4.79 Å². The van der Waals surface area contributed by atoms with E-state index in [1.807, 2.05) is 13.0 Å². The van der Waals surface area contributed by atoms with Crippen LogP contribution in [0.5, 0.6) is 0 Å². The number of amides is 1. The molecule has 20 heavy (non-hydrogen) atoms. The largest absolute Gasteiger partial charge is 0.344 e. The fraction of sp³-hybridized carbons (Fsp3) is 0.267. The van der Waals surface area contributed by atoms with Crippen LogP contribution in [0.3, 0.4) is 0 Å². The van der Waals surface area contributed by atoms with E-state index in [2.05, 4.69) is 36.2 Å². The van der Waals surface area contributed by atoms with E-state index < -0.39 is 0 Å². The quantitative estimate of drug-likeness (QED) is 0.857. The maximum absolute atomic E-state index is 12.2. The van der Waals surface area contributed by atoms with Gasteiger partial charge in [-0.2, -0.15) is 0 Å². The van der Waals surface area contributed by atoms with Crippen molar-refractivity contribution in [3.05, 3.63) is 43.8 Å². The Morgan fingerprint density at radius 1 is 1.35 bits per heavy atom. The van der Waals surface area contributed by atoms with Crippen molar-refractivity contribution >= 4 is 28.6 Å². The number of hydrogen-bond acceptors (Lipinski definition) is 4. The zero-order valence-electron chi connectivity index (χ0n) is 11.4. The molecule has 0 saturated carbocycles. The molecule has 5 heteroatoms. The van der Waals surface area contributed by atoms with Crippen LogP contribution in [0, 0.1) is 18.8 Å². The van der Waals surface area contributed by atoms with Crippen molar-refractivity contribution in [3.8, 4) is 11.8 Å². The molecule has 2 aromatic heterocycles. The van der Waals surface area contributed by atoms with E-state index in [4.69, 9.17) is 5.73 Å². The third-order valence-electron chi connectivity index (χ3n) is 2.68. The average molecular weight is 304 g/mol. The fourth-order valence-corrected chi connectivity index (χ4v) is 3.35. The molecule has 104 valence electrons. The van der Waals surface area contributed by atoms with E-state index in [0.717, 1.165) is 9.75 Å². The highest BCUT2D eigenvalue weighted by molar-refractivity contribution is 7.14. The number of carbonyl (C=O) groups excluding carboxylic acids is 1. The lowest BCUT2D eigenvalue weighted by Gasteiger charge is -2.10. The third kappa shape index (κ3) is 3.70. The summed E-state index contributed by atoms with van der Waals surface area (Å²) in [5.41, 5.74) is 5.33. The van der Waals surface area contributed by atoms with E-state index in [-0.39, 0.29) is 11.9 Å². The first-order chi connectivity index (χ1) is 9.60. The van der Waals surface area contributed by atoms with Crippen LogP contribution >= 0.6 is 22.7 Å². The van der Waals surface area contributed by atoms with Gasteiger partial charge in [0.25, 0.3) is 5.91 Å². The zero-order valence-corrected chi connectivity index (χ0v) is 13.0. The van der Waals surface area contributed by atoms with Crippen LogP contribution in [0.25, 0.3) is 0 Å². The number of nitrogens with two attached hydrogens (primary N) is 1. The molecule has 0 fully saturated rings. The molecular weight excluding hydrogens is 288 g/mol. The molecule has 0 bridgehead atoms. The van der Waals surface area contributed by atoms with Crippen LogP contribution in [-0.2, 0) is 0 Å². The number of aryl methyl sites for hydroxylation is 1. The maximum atomic E-state index is 12.2. The lowest BCUT2D eigenvalue weighted by molar-refractivity contribution is 0.0944. The highest BCUT2D eigenvalue weighted by Crippen LogP contribution is 2.23. The van der Waals surface area contributed by atoms with Gasteiger partial charge in [0.2, 0.25) is 0 Å². The monoisotopic (exact) mass is 304 g/mol. The first-order valence-corrected chi connectivity index (χ1v) is 7.89. The zero-order chi connectivity index (χ0) is 14.5. The first-order valence-electron chi connectivity index (χ1n) is 6.26. The summed E-state index contributed by atoms with van der Waals surface area (Å²) in [4.78, 5) is 16.1. The van der Waals surface area contributed by atoms with E-state index in [0.29, 0.717) is 11.4 Å². The van der Waals surface area contributed by atoms with Crippen LogP contribution in [0.2, 0.25) is 0 Å². The van der Waals surface area contributed by atoms with Crippen molar-refractivity contribution in [2.24, 2.45) is 5.73 Å². The number of carbonyl (C=O) groups is 1. The number of rotatable bonds is 3. The maximum Gasteiger partial charge on any atom is 0.261 e. The molecule has 1 unspecified atom stereocenters. The topological polar surface area (TPSA) is 55.1 Å². The van der Waals surface area contributed by atoms with Gasteiger partial charge in [0.05, 0.1) is 22.3 Å². The van der Waals surface area contributed by atoms with Crippen molar-refractivity contribution in [3.63, 3.8) is 0 Å². The second-order valence-electron chi connectivity index (χ2n) is 4.31. The molecule has 0 aliphatic carbocycles. The molecule has 2 aromatic rings. The van der Waals surface area contributed by atoms with Crippen LogP contribution in [-0.4, -0.2) is 12.5 Å². The summed E-state index contributed by atoms with van der Waals surface area (Å²) in [7, 11) is 0. The molecular formula is C15H16N2OS2. The minimum absolute atomic E-state index is 0.0156. The summed E-state index contributed by atoms with van der Waals surface area (Å²) < 4.78 is 0. The molecule has 0 saturated heterocycles. The van der Waals surface area contributed by atoms with Crippen molar-refractivity contribution < 1.29 is 4.79 Å². The molecule has 0 aliphatic heterocycles. The van der Waals surface area contributed by atoms with Gasteiger partial charge in [-0.1, -0.05) is 11.8 Å². The molecule has 2 heterocycles. The van der Waals surface area contributed by atoms with Gasteiger partial charge in [-0.05, 0) is 38.1 Å². The van der Waals surface area contributed by atoms with Gasteiger partial charge < -0.3 is 11.1 Å². The third-order valence-corrected chi connectivity index (χ3v) is 4.86. The summed E-state index contributed by atoms with van der Waals surface area (Å²) in [6, 6.07) is 7.78. The number of thiophene rings is 2. The molecule has 1 amide bonds. The van der Waals surface area contributed by atoms with Gasteiger partial charge in [0.1, 0.15) is 0 Å². The van der Waals surface area contributed by atoms with Crippen molar-refractivity contribution in [2.45, 2.75) is 19.9 Å². The summed E-state index contributed by atoms with van der Waals surface area (Å²) in [6.07, 6.45) is 0. The molecule has 0 aliphatic rings. The fourth-order valence-electron chi connectivity index (χ4n) is 1.69. The van der Waals surface area contributed by atoms with Crippen LogP contribution < -0.4 is 11.1 Å². The number of nitrogens with one attached hydrogen (secondary N) is 1. The summed E-state index contributed by atoms with van der Waals surface area (Å²) in [5.74, 6) is 5.66. The van der Waals surface area contributed by atoms with E-state index in [1.165, 1.54) is 16.2 Å². The highest BCUT2D eigenvalue weighted by atomic mass is 32.1. The SMILES string of the molecule is Cc1ccc(C(C)NC(=O)c2ccc(C#CCN)s2)s1. The Bertz CT molecular complexity index is 661. The Morgan fingerprint density at radius 2 is 2.15 bits per heavy atom. The van der Waals surface area contributed by atoms with Gasteiger partial charge in [0, 0.05) is 9.75 Å². The smallest absolute Gasteiger partial charge is 0.261 e. The van der Waals surface area contributed by atoms with Crippen molar-refractivity contribution in [1.82, 2.24) is 5.32 Å². The van der Waals surface area contributed by atoms with Gasteiger partial charge in [0.15, 0.2) is 0 Å². The molecule has 3 N–H and O–H groups in total. The Kier molecular flexibility index (Phi) is 4.96. The van der Waals surface area contributed by atoms with Crippen molar-refractivity contribution in [1.29, 1.82) is 0 Å². The highest BCUT2D eigenvalue weighted by Gasteiger charge is 2.14. The predicted octanol–water partition coefficient (Wildman–Crippen LogP) is 2.92. The standard InChI is InChI=1S/C15H16N2OS2/c1-10-5-7-13(19-10)11(2)17-15(18)14-8-6-12(20-14)4-3-9-16/h5-8,11H,9,16H2,1-2H3,(H,17,18). The molecule has 0 radical (unpaired) electrons. The lowest BCUT2D eigenvalue weighted by Crippen LogP contribution is -2.25. The second kappa shape index (κ2) is 6.71. The first kappa shape index (κ1) is 14.8. The molecule has 0 spiro atoms. The van der Waals surface area contributed by atoms with E-state index in [1.54, 1.807) is 17.4 Å². The molecule has 2 rings (SSSR count). The van der Waals surface area contributed by atoms with E-state index >= 15 is 0 Å². The average Bonchev–Trinajstić information content (AvgIpc) is 3.05. The second-order valence-corrected chi connectivity index (χ2v) is 6.72. The Hall–Kier alpha value is -1.61. The van der Waals surface area contributed by atoms with Crippen LogP contribution in [0.15, 0.2) is 24.3 Å². The normalized spacial score (nSPS) is 11.6. The Morgan fingerprint density at radius 3 is 2.80 bits per heavy atom. The van der Waals surface area contributed by atoms with Crippen LogP contribution in [0.1, 0.15) is 37.3 Å². The molecule has 3 nitrogen and oxygen atoms in total. The van der Waals surface area contributed by atoms with Crippen molar-refractivity contribution in [2.75, 3.05) is 6.54 Å². The molecule has 1 atom stereocenters. The minimum Gasteiger partial charge on any atom is -0.344 e. The minimum atomic E-state index is -0.0608. The predicted molar refractivity (Wildman–Crippen MR) is 85.2 cm³/mol.